The molecule has 0 heteroatoms. The van der Waals surface area contributed by atoms with E-state index in [9.17, 15) is 0 Å². The van der Waals surface area contributed by atoms with Crippen LogP contribution in [-0.4, -0.2) is 0 Å². The lowest BCUT2D eigenvalue weighted by Gasteiger charge is -2.15. The summed E-state index contributed by atoms with van der Waals surface area (Å²) in [5.41, 5.74) is 4.23. The van der Waals surface area contributed by atoms with Crippen molar-refractivity contribution in [2.45, 2.75) is 32.6 Å². The van der Waals surface area contributed by atoms with Crippen molar-refractivity contribution in [2.24, 2.45) is 0 Å². The highest BCUT2D eigenvalue weighted by atomic mass is 14.1. The smallest absolute Gasteiger partial charge is 0.0124 e. The molecule has 1 atom stereocenters. The van der Waals surface area contributed by atoms with Crippen LogP contribution in [0.1, 0.15) is 36.0 Å². The Morgan fingerprint density at radius 1 is 0.882 bits per heavy atom. The van der Waals surface area contributed by atoms with Gasteiger partial charge < -0.3 is 0 Å². The number of hydrogen-bond donors (Lipinski definition) is 0. The highest BCUT2D eigenvalue weighted by Crippen LogP contribution is 2.23. The maximum atomic E-state index is 2.27. The van der Waals surface area contributed by atoms with E-state index in [1.54, 1.807) is 0 Å². The Morgan fingerprint density at radius 3 is 2.12 bits per heavy atom. The molecule has 0 N–H and O–H groups in total. The van der Waals surface area contributed by atoms with Gasteiger partial charge in [-0.05, 0) is 36.8 Å². The number of rotatable bonds is 4. The molecule has 0 aromatic heterocycles. The lowest BCUT2D eigenvalue weighted by Crippen LogP contribution is -2.01. The Labute approximate surface area is 104 Å². The molecule has 0 aliphatic heterocycles. The van der Waals surface area contributed by atoms with Gasteiger partial charge in [-0.25, -0.2) is 0 Å². The van der Waals surface area contributed by atoms with Crippen molar-refractivity contribution in [3.8, 4) is 0 Å². The van der Waals surface area contributed by atoms with Crippen molar-refractivity contribution in [1.29, 1.82) is 0 Å². The number of hydrogen-bond acceptors (Lipinski definition) is 0. The summed E-state index contributed by atoms with van der Waals surface area (Å²) in [4.78, 5) is 0. The van der Waals surface area contributed by atoms with E-state index in [1.165, 1.54) is 23.1 Å². The first-order valence-corrected chi connectivity index (χ1v) is 6.40. The van der Waals surface area contributed by atoms with Gasteiger partial charge in [0.05, 0.1) is 0 Å². The fourth-order valence-corrected chi connectivity index (χ4v) is 2.23. The molecular weight excluding hydrogens is 204 g/mol. The van der Waals surface area contributed by atoms with Gasteiger partial charge in [0.1, 0.15) is 0 Å². The molecule has 0 radical (unpaired) electrons. The predicted molar refractivity (Wildman–Crippen MR) is 74.4 cm³/mol. The third kappa shape index (κ3) is 3.20. The first-order chi connectivity index (χ1) is 8.29. The van der Waals surface area contributed by atoms with Gasteiger partial charge >= 0.3 is 0 Å². The molecule has 1 unspecified atom stereocenters. The van der Waals surface area contributed by atoms with Crippen LogP contribution < -0.4 is 0 Å². The van der Waals surface area contributed by atoms with Gasteiger partial charge in [0, 0.05) is 0 Å². The van der Waals surface area contributed by atoms with Gasteiger partial charge in [0.15, 0.2) is 0 Å². The summed E-state index contributed by atoms with van der Waals surface area (Å²) in [6, 6.07) is 19.7. The van der Waals surface area contributed by atoms with E-state index >= 15 is 0 Å². The Kier molecular flexibility index (Phi) is 3.98. The van der Waals surface area contributed by atoms with Gasteiger partial charge in [-0.2, -0.15) is 0 Å². The van der Waals surface area contributed by atoms with Crippen LogP contribution in [0, 0.1) is 6.92 Å². The average molecular weight is 224 g/mol. The molecule has 2 aromatic rings. The molecule has 88 valence electrons. The van der Waals surface area contributed by atoms with Crippen LogP contribution >= 0.6 is 0 Å². The van der Waals surface area contributed by atoms with Crippen molar-refractivity contribution in [3.63, 3.8) is 0 Å². The fraction of sp³-hybridized carbons (Fsp3) is 0.294. The summed E-state index contributed by atoms with van der Waals surface area (Å²) in [5, 5.41) is 0. The summed E-state index contributed by atoms with van der Waals surface area (Å²) >= 11 is 0. The highest BCUT2D eigenvalue weighted by Gasteiger charge is 2.09. The molecule has 0 saturated carbocycles. The Balaban J connectivity index is 2.13. The number of aryl methyl sites for hydroxylation is 1. The van der Waals surface area contributed by atoms with Gasteiger partial charge in [0.25, 0.3) is 0 Å². The quantitative estimate of drug-likeness (QED) is 0.704. The molecule has 0 bridgehead atoms. The summed E-state index contributed by atoms with van der Waals surface area (Å²) < 4.78 is 0. The topological polar surface area (TPSA) is 0 Å². The van der Waals surface area contributed by atoms with Gasteiger partial charge in [0.2, 0.25) is 0 Å². The molecule has 0 fully saturated rings. The van der Waals surface area contributed by atoms with Crippen molar-refractivity contribution in [2.75, 3.05) is 0 Å². The van der Waals surface area contributed by atoms with E-state index in [2.05, 4.69) is 68.4 Å². The van der Waals surface area contributed by atoms with E-state index in [0.29, 0.717) is 5.92 Å². The lowest BCUT2D eigenvalue weighted by molar-refractivity contribution is 0.660. The third-order valence-corrected chi connectivity index (χ3v) is 3.37. The average Bonchev–Trinajstić information content (AvgIpc) is 2.39. The molecule has 0 aliphatic carbocycles. The zero-order chi connectivity index (χ0) is 12.1. The van der Waals surface area contributed by atoms with Crippen LogP contribution in [-0.2, 0) is 6.42 Å². The summed E-state index contributed by atoms with van der Waals surface area (Å²) in [6.45, 7) is 4.41. The molecular formula is C17H20. The second-order valence-corrected chi connectivity index (χ2v) is 4.71. The lowest BCUT2D eigenvalue weighted by atomic mass is 9.90. The van der Waals surface area contributed by atoms with Crippen molar-refractivity contribution in [3.05, 3.63) is 71.3 Å². The summed E-state index contributed by atoms with van der Waals surface area (Å²) in [6.07, 6.45) is 2.33. The minimum atomic E-state index is 0.638. The third-order valence-electron chi connectivity index (χ3n) is 3.37. The van der Waals surface area contributed by atoms with Crippen LogP contribution in [0.4, 0.5) is 0 Å². The van der Waals surface area contributed by atoms with Gasteiger partial charge in [-0.15, -0.1) is 0 Å². The normalized spacial score (nSPS) is 12.4. The van der Waals surface area contributed by atoms with E-state index in [0.717, 1.165) is 6.42 Å². The molecule has 0 heterocycles. The Hall–Kier alpha value is -1.56. The highest BCUT2D eigenvalue weighted by molar-refractivity contribution is 5.26. The first-order valence-electron chi connectivity index (χ1n) is 6.40. The van der Waals surface area contributed by atoms with Crippen LogP contribution in [0.15, 0.2) is 54.6 Å². The molecule has 0 aliphatic rings. The van der Waals surface area contributed by atoms with Gasteiger partial charge in [-0.3, -0.25) is 0 Å². The standard InChI is InChI=1S/C17H20/c1-3-16(17-7-5-4-6-8-17)13-15-11-9-14(2)10-12-15/h4-12,16H,3,13H2,1-2H3. The molecule has 17 heavy (non-hydrogen) atoms. The zero-order valence-corrected chi connectivity index (χ0v) is 10.7. The minimum absolute atomic E-state index is 0.638. The second-order valence-electron chi connectivity index (χ2n) is 4.71. The summed E-state index contributed by atoms with van der Waals surface area (Å²) in [7, 11) is 0. The van der Waals surface area contributed by atoms with Gasteiger partial charge in [-0.1, -0.05) is 67.1 Å². The van der Waals surface area contributed by atoms with E-state index < -0.39 is 0 Å². The van der Waals surface area contributed by atoms with Crippen LogP contribution in [0.3, 0.4) is 0 Å². The molecule has 2 aromatic carbocycles. The SMILES string of the molecule is CCC(Cc1ccc(C)cc1)c1ccccc1. The number of benzene rings is 2. The van der Waals surface area contributed by atoms with E-state index in [1.807, 2.05) is 0 Å². The van der Waals surface area contributed by atoms with Crippen LogP contribution in [0.25, 0.3) is 0 Å². The molecule has 0 nitrogen and oxygen atoms in total. The first kappa shape index (κ1) is 11.9. The monoisotopic (exact) mass is 224 g/mol. The van der Waals surface area contributed by atoms with Crippen LogP contribution in [0.2, 0.25) is 0 Å². The van der Waals surface area contributed by atoms with Crippen LogP contribution in [0.5, 0.6) is 0 Å². The molecule has 0 amide bonds. The van der Waals surface area contributed by atoms with Crippen molar-refractivity contribution in [1.82, 2.24) is 0 Å². The summed E-state index contributed by atoms with van der Waals surface area (Å²) in [5.74, 6) is 0.638. The second kappa shape index (κ2) is 5.67. The molecule has 2 rings (SSSR count). The largest absolute Gasteiger partial charge is 0.0648 e. The fourth-order valence-electron chi connectivity index (χ4n) is 2.23. The van der Waals surface area contributed by atoms with Crippen molar-refractivity contribution >= 4 is 0 Å². The zero-order valence-electron chi connectivity index (χ0n) is 10.7. The molecule has 0 spiro atoms. The van der Waals surface area contributed by atoms with E-state index in [4.69, 9.17) is 0 Å². The molecule has 0 saturated heterocycles. The maximum absolute atomic E-state index is 2.27. The Morgan fingerprint density at radius 2 is 1.53 bits per heavy atom. The van der Waals surface area contributed by atoms with Crippen molar-refractivity contribution < 1.29 is 0 Å². The predicted octanol–water partition coefficient (Wildman–Crippen LogP) is 4.73. The minimum Gasteiger partial charge on any atom is -0.0648 e. The maximum Gasteiger partial charge on any atom is -0.0124 e. The van der Waals surface area contributed by atoms with E-state index in [-0.39, 0.29) is 0 Å². The Bertz CT molecular complexity index is 439.